The Bertz CT molecular complexity index is 8190. The molecule has 0 unspecified atom stereocenters. The van der Waals surface area contributed by atoms with Gasteiger partial charge in [0.2, 0.25) is 0 Å². The lowest BCUT2D eigenvalue weighted by atomic mass is 9.82. The SMILES string of the molecule is CC1(C)c2ccccc2-c2cc(N(c3ccc4oc5ccccc5c4c3)c3cc4ccc5ccccc5n4n3)ccc21.c1ccc2c(c1)ccc1cc(N(c3ccc4oc5ccccc5c4c3)c3ccc4oc5ccccc5c4c3)nn12.c1ccc2c(c1)ccc1cc(N(c3ccc4oc5ccccc5c4c3)c3ccc4sc5ccccc5c4c3)nn12. The van der Waals surface area contributed by atoms with Gasteiger partial charge in [-0.25, -0.2) is 13.5 Å². The third-order valence-electron chi connectivity index (χ3n) is 24.6. The van der Waals surface area contributed by atoms with Crippen LogP contribution in [0, 0.1) is 0 Å². The molecule has 11 heterocycles. The van der Waals surface area contributed by atoms with Crippen molar-refractivity contribution >= 4 is 220 Å². The van der Waals surface area contributed by atoms with E-state index in [1.165, 1.54) is 42.4 Å². The van der Waals surface area contributed by atoms with Crippen molar-refractivity contribution in [1.82, 2.24) is 28.8 Å². The first-order valence-electron chi connectivity index (χ1n) is 41.0. The Hall–Kier alpha value is -16.0. The quantitative estimate of drug-likeness (QED) is 0.138. The molecular formula is C108H69N9O4S. The zero-order valence-electron chi connectivity index (χ0n) is 65.9. The molecule has 15 aromatic carbocycles. The van der Waals surface area contributed by atoms with E-state index < -0.39 is 0 Å². The van der Waals surface area contributed by atoms with Crippen molar-refractivity contribution in [1.29, 1.82) is 0 Å². The molecule has 14 heteroatoms. The number of hydrogen-bond donors (Lipinski definition) is 0. The predicted molar refractivity (Wildman–Crippen MR) is 502 cm³/mol. The number of pyridine rings is 3. The molecule has 0 saturated carbocycles. The average Bonchev–Trinajstić information content (AvgIpc) is 1.59. The molecule has 0 aliphatic heterocycles. The molecule has 11 aromatic heterocycles. The largest absolute Gasteiger partial charge is 0.456 e. The van der Waals surface area contributed by atoms with Crippen LogP contribution in [-0.2, 0) is 5.41 Å². The van der Waals surface area contributed by atoms with Crippen molar-refractivity contribution in [2.24, 2.45) is 0 Å². The van der Waals surface area contributed by atoms with Crippen LogP contribution in [0.4, 0.5) is 51.6 Å². The second kappa shape index (κ2) is 27.0. The molecule has 27 rings (SSSR count). The molecule has 13 nitrogen and oxygen atoms in total. The Labute approximate surface area is 700 Å². The third-order valence-corrected chi connectivity index (χ3v) is 25.7. The number of furan rings is 4. The van der Waals surface area contributed by atoms with Crippen LogP contribution < -0.4 is 14.7 Å². The highest BCUT2D eigenvalue weighted by molar-refractivity contribution is 7.25. The first-order chi connectivity index (χ1) is 60.2. The normalized spacial score (nSPS) is 12.6. The zero-order chi connectivity index (χ0) is 80.4. The van der Waals surface area contributed by atoms with Gasteiger partial charge in [-0.2, -0.15) is 0 Å². The van der Waals surface area contributed by atoms with E-state index in [-0.39, 0.29) is 5.41 Å². The summed E-state index contributed by atoms with van der Waals surface area (Å²) in [6.07, 6.45) is 0. The van der Waals surface area contributed by atoms with E-state index in [2.05, 4.69) is 355 Å². The first kappa shape index (κ1) is 69.1. The summed E-state index contributed by atoms with van der Waals surface area (Å²) in [4.78, 5) is 6.75. The van der Waals surface area contributed by atoms with Gasteiger partial charge in [0.25, 0.3) is 0 Å². The van der Waals surface area contributed by atoms with Crippen LogP contribution in [0.25, 0.3) is 168 Å². The van der Waals surface area contributed by atoms with Crippen molar-refractivity contribution in [3.05, 3.63) is 393 Å². The molecule has 0 radical (unpaired) electrons. The highest BCUT2D eigenvalue weighted by Gasteiger charge is 2.36. The minimum atomic E-state index is -0.0497. The van der Waals surface area contributed by atoms with Gasteiger partial charge in [0.15, 0.2) is 17.5 Å². The molecule has 1 aliphatic carbocycles. The van der Waals surface area contributed by atoms with E-state index in [0.717, 1.165) is 189 Å². The standard InChI is InChI=1S/C38H27N3O.C35H21N3O2.C35H21N3OS/c1-38(2)32-12-6-4-10-28(32)30-21-25(17-19-33(30)38)40(26-18-20-36-31(22-26)29-11-5-8-14-35(29)42-36)37-23-27-16-15-24-9-3-7-13-34(24)41(27)39-37;1-4-10-30-22(7-1)13-14-25-21-35(36-38(25)30)37(23-15-17-33-28(19-23)26-8-2-5-11-31(26)39-33)24-16-18-34-29(20-24)27-9-3-6-12-32(27)40-34;1-4-10-30-22(7-1)13-14-25-21-35(36-38(25)30)37(23-15-17-32-28(19-23)26-8-2-5-11-31(26)39-32)24-16-18-34-29(20-24)27-9-3-6-12-33(27)40-34/h3-23H,1-2H3;2*1-21H. The predicted octanol–water partition coefficient (Wildman–Crippen LogP) is 30.1. The van der Waals surface area contributed by atoms with E-state index in [0.29, 0.717) is 0 Å². The highest BCUT2D eigenvalue weighted by Crippen LogP contribution is 2.52. The number of hydrogen-bond acceptors (Lipinski definition) is 11. The topological polar surface area (TPSA) is 114 Å². The number of para-hydroxylation sites is 7. The molecule has 0 bridgehead atoms. The first-order valence-corrected chi connectivity index (χ1v) is 41.8. The van der Waals surface area contributed by atoms with Crippen LogP contribution in [0.15, 0.2) is 400 Å². The van der Waals surface area contributed by atoms with Gasteiger partial charge in [-0.3, -0.25) is 14.7 Å². The number of aromatic nitrogens is 6. The molecule has 0 amide bonds. The molecule has 0 atom stereocenters. The molecule has 1 aliphatic rings. The molecule has 0 fully saturated rings. The molecule has 0 saturated heterocycles. The maximum Gasteiger partial charge on any atom is 0.160 e. The molecular weight excluding hydrogens is 1520 g/mol. The number of rotatable bonds is 9. The monoisotopic (exact) mass is 1590 g/mol. The Morgan fingerprint density at radius 2 is 0.541 bits per heavy atom. The second-order valence-corrected chi connectivity index (χ2v) is 33.1. The minimum Gasteiger partial charge on any atom is -0.456 e. The number of thiophene rings is 1. The molecule has 0 N–H and O–H groups in total. The van der Waals surface area contributed by atoms with Gasteiger partial charge in [0.05, 0.1) is 33.1 Å². The van der Waals surface area contributed by atoms with Crippen LogP contribution in [-0.4, -0.2) is 28.8 Å². The van der Waals surface area contributed by atoms with Crippen molar-refractivity contribution < 1.29 is 17.7 Å². The average molecular weight is 1590 g/mol. The number of fused-ring (bicyclic) bond motifs is 27. The summed E-state index contributed by atoms with van der Waals surface area (Å²) < 4.78 is 33.3. The maximum absolute atomic E-state index is 6.18. The van der Waals surface area contributed by atoms with Crippen LogP contribution in [0.3, 0.4) is 0 Å². The fourth-order valence-corrected chi connectivity index (χ4v) is 19.8. The lowest BCUT2D eigenvalue weighted by molar-refractivity contribution is 0.660. The van der Waals surface area contributed by atoms with Crippen LogP contribution in [0.1, 0.15) is 25.0 Å². The number of anilines is 9. The third kappa shape index (κ3) is 11.0. The van der Waals surface area contributed by atoms with Gasteiger partial charge in [0, 0.05) is 137 Å². The van der Waals surface area contributed by atoms with Crippen molar-refractivity contribution in [2.75, 3.05) is 14.7 Å². The van der Waals surface area contributed by atoms with Gasteiger partial charge < -0.3 is 17.7 Å². The molecule has 0 spiro atoms. The fraction of sp³-hybridized carbons (Fsp3) is 0.0278. The van der Waals surface area contributed by atoms with Gasteiger partial charge in [-0.15, -0.1) is 26.6 Å². The number of benzene rings is 15. The summed E-state index contributed by atoms with van der Waals surface area (Å²) in [6, 6.07) is 134. The zero-order valence-corrected chi connectivity index (χ0v) is 66.8. The van der Waals surface area contributed by atoms with E-state index in [4.69, 9.17) is 33.0 Å². The van der Waals surface area contributed by atoms with Gasteiger partial charge in [0.1, 0.15) is 44.7 Å². The smallest absolute Gasteiger partial charge is 0.160 e. The van der Waals surface area contributed by atoms with Gasteiger partial charge >= 0.3 is 0 Å². The Morgan fingerprint density at radius 1 is 0.238 bits per heavy atom. The summed E-state index contributed by atoms with van der Waals surface area (Å²) in [5.41, 5.74) is 24.9. The van der Waals surface area contributed by atoms with Gasteiger partial charge in [-0.05, 0) is 192 Å². The summed E-state index contributed by atoms with van der Waals surface area (Å²) >= 11 is 1.83. The maximum atomic E-state index is 6.18. The van der Waals surface area contributed by atoms with E-state index in [9.17, 15) is 0 Å². The minimum absolute atomic E-state index is 0.0497. The van der Waals surface area contributed by atoms with Gasteiger partial charge in [-0.1, -0.05) is 208 Å². The van der Waals surface area contributed by atoms with E-state index in [1.54, 1.807) is 0 Å². The Kier molecular flexibility index (Phi) is 15.3. The van der Waals surface area contributed by atoms with E-state index >= 15 is 0 Å². The van der Waals surface area contributed by atoms with Crippen LogP contribution in [0.2, 0.25) is 0 Å². The Morgan fingerprint density at radius 3 is 0.959 bits per heavy atom. The summed E-state index contributed by atoms with van der Waals surface area (Å²) in [5, 5.41) is 30.3. The summed E-state index contributed by atoms with van der Waals surface area (Å²) in [5.74, 6) is 2.56. The molecule has 122 heavy (non-hydrogen) atoms. The van der Waals surface area contributed by atoms with Crippen molar-refractivity contribution in [3.8, 4) is 11.1 Å². The lowest BCUT2D eigenvalue weighted by Crippen LogP contribution is -2.15. The summed E-state index contributed by atoms with van der Waals surface area (Å²) in [7, 11) is 0. The lowest BCUT2D eigenvalue weighted by Gasteiger charge is -2.25. The number of nitrogens with zero attached hydrogens (tertiary/aromatic N) is 9. The molecule has 26 aromatic rings. The Balaban J connectivity index is 0.000000101. The summed E-state index contributed by atoms with van der Waals surface area (Å²) in [6.45, 7) is 4.64. The molecule has 576 valence electrons. The van der Waals surface area contributed by atoms with Crippen LogP contribution >= 0.6 is 11.3 Å². The highest BCUT2D eigenvalue weighted by atomic mass is 32.1. The second-order valence-electron chi connectivity index (χ2n) is 32.0. The van der Waals surface area contributed by atoms with Crippen LogP contribution in [0.5, 0.6) is 0 Å². The van der Waals surface area contributed by atoms with E-state index in [1.807, 2.05) is 81.0 Å². The van der Waals surface area contributed by atoms with Crippen molar-refractivity contribution in [2.45, 2.75) is 19.3 Å². The fourth-order valence-electron chi connectivity index (χ4n) is 18.8. The van der Waals surface area contributed by atoms with Crippen molar-refractivity contribution in [3.63, 3.8) is 0 Å².